The molecule has 2 aromatic carbocycles. The predicted molar refractivity (Wildman–Crippen MR) is 140 cm³/mol. The Morgan fingerprint density at radius 2 is 1.92 bits per heavy atom. The number of methoxy groups -OCH3 is 1. The van der Waals surface area contributed by atoms with Crippen LogP contribution in [0.4, 0.5) is 0 Å². The van der Waals surface area contributed by atoms with Gasteiger partial charge in [-0.25, -0.2) is 4.68 Å². The lowest BCUT2D eigenvalue weighted by Gasteiger charge is -2.39. The van der Waals surface area contributed by atoms with E-state index in [-0.39, 0.29) is 11.6 Å². The zero-order chi connectivity index (χ0) is 24.9. The summed E-state index contributed by atoms with van der Waals surface area (Å²) >= 11 is 0. The number of ether oxygens (including phenoxy) is 1. The topological polar surface area (TPSA) is 88.9 Å². The van der Waals surface area contributed by atoms with E-state index in [4.69, 9.17) is 4.74 Å². The molecular formula is C28H34N6O2. The summed E-state index contributed by atoms with van der Waals surface area (Å²) in [4.78, 5) is 18.7. The van der Waals surface area contributed by atoms with Crippen LogP contribution in [0.2, 0.25) is 0 Å². The molecule has 2 heterocycles. The average molecular weight is 487 g/mol. The smallest absolute Gasteiger partial charge is 0.252 e. The van der Waals surface area contributed by atoms with Crippen molar-refractivity contribution < 1.29 is 4.74 Å². The Morgan fingerprint density at radius 1 is 1.11 bits per heavy atom. The van der Waals surface area contributed by atoms with Crippen LogP contribution < -0.4 is 10.3 Å². The third-order valence-corrected chi connectivity index (χ3v) is 7.35. The number of hydrogen-bond acceptors (Lipinski definition) is 6. The maximum atomic E-state index is 13.2. The number of nitrogens with one attached hydrogen (secondary N) is 1. The van der Waals surface area contributed by atoms with E-state index in [1.807, 2.05) is 47.1 Å². The second-order valence-corrected chi connectivity index (χ2v) is 9.65. The molecule has 1 saturated carbocycles. The second kappa shape index (κ2) is 11.0. The van der Waals surface area contributed by atoms with Gasteiger partial charge in [0.15, 0.2) is 5.82 Å². The van der Waals surface area contributed by atoms with Gasteiger partial charge in [0.25, 0.3) is 5.56 Å². The molecule has 8 nitrogen and oxygen atoms in total. The molecule has 5 rings (SSSR count). The van der Waals surface area contributed by atoms with E-state index < -0.39 is 0 Å². The van der Waals surface area contributed by atoms with Gasteiger partial charge >= 0.3 is 0 Å². The van der Waals surface area contributed by atoms with Gasteiger partial charge in [-0.05, 0) is 58.8 Å². The molecule has 0 spiro atoms. The molecule has 0 radical (unpaired) electrons. The Kier molecular flexibility index (Phi) is 7.41. The van der Waals surface area contributed by atoms with Crippen molar-refractivity contribution in [1.29, 1.82) is 0 Å². The van der Waals surface area contributed by atoms with Crippen molar-refractivity contribution in [3.63, 3.8) is 0 Å². The van der Waals surface area contributed by atoms with Crippen LogP contribution in [0.5, 0.6) is 5.75 Å². The summed E-state index contributed by atoms with van der Waals surface area (Å²) in [6.07, 6.45) is 6.79. The summed E-state index contributed by atoms with van der Waals surface area (Å²) in [5.74, 6) is 1.58. The van der Waals surface area contributed by atoms with Crippen molar-refractivity contribution in [3.05, 3.63) is 81.9 Å². The number of hydrogen-bond donors (Lipinski definition) is 1. The summed E-state index contributed by atoms with van der Waals surface area (Å²) in [6, 6.07) is 18.5. The lowest BCUT2D eigenvalue weighted by Crippen LogP contribution is -2.41. The second-order valence-electron chi connectivity index (χ2n) is 9.65. The van der Waals surface area contributed by atoms with Crippen LogP contribution in [0.1, 0.15) is 68.4 Å². The lowest BCUT2D eigenvalue weighted by atomic mass is 9.92. The molecule has 1 atom stereocenters. The molecule has 36 heavy (non-hydrogen) atoms. The molecule has 0 aliphatic heterocycles. The molecule has 1 N–H and O–H groups in total. The SMILES string of the molecule is CC[C@H](c1nnnn1Cc1ccccc1)N(Cc1cc2ccc(OC)cc2[nH]c1=O)C1CCCCC1. The van der Waals surface area contributed by atoms with Gasteiger partial charge in [-0.15, -0.1) is 5.10 Å². The maximum absolute atomic E-state index is 13.2. The first kappa shape index (κ1) is 24.2. The summed E-state index contributed by atoms with van der Waals surface area (Å²) in [7, 11) is 1.63. The van der Waals surface area contributed by atoms with Gasteiger partial charge in [-0.2, -0.15) is 0 Å². The fraction of sp³-hybridized carbons (Fsp3) is 0.429. The van der Waals surface area contributed by atoms with Crippen molar-refractivity contribution in [2.75, 3.05) is 7.11 Å². The number of benzene rings is 2. The number of rotatable bonds is 9. The van der Waals surface area contributed by atoms with E-state index >= 15 is 0 Å². The van der Waals surface area contributed by atoms with Crippen LogP contribution in [0, 0.1) is 0 Å². The lowest BCUT2D eigenvalue weighted by molar-refractivity contribution is 0.0844. The Balaban J connectivity index is 1.50. The highest BCUT2D eigenvalue weighted by atomic mass is 16.5. The Labute approximate surface area is 211 Å². The van der Waals surface area contributed by atoms with Crippen LogP contribution in [-0.2, 0) is 13.1 Å². The number of fused-ring (bicyclic) bond motifs is 1. The zero-order valence-corrected chi connectivity index (χ0v) is 21.1. The summed E-state index contributed by atoms with van der Waals surface area (Å²) in [5, 5.41) is 13.9. The molecular weight excluding hydrogens is 452 g/mol. The van der Waals surface area contributed by atoms with E-state index in [2.05, 4.69) is 44.5 Å². The zero-order valence-electron chi connectivity index (χ0n) is 21.1. The van der Waals surface area contributed by atoms with E-state index in [1.54, 1.807) is 7.11 Å². The van der Waals surface area contributed by atoms with Gasteiger partial charge in [0.1, 0.15) is 5.75 Å². The molecule has 0 saturated heterocycles. The fourth-order valence-corrected chi connectivity index (χ4v) is 5.46. The maximum Gasteiger partial charge on any atom is 0.252 e. The first-order valence-corrected chi connectivity index (χ1v) is 12.9. The Morgan fingerprint density at radius 3 is 2.67 bits per heavy atom. The molecule has 1 aliphatic rings. The molecule has 0 bridgehead atoms. The average Bonchev–Trinajstić information content (AvgIpc) is 3.37. The highest BCUT2D eigenvalue weighted by Gasteiger charge is 2.32. The van der Waals surface area contributed by atoms with Gasteiger partial charge in [-0.1, -0.05) is 56.5 Å². The number of tetrazole rings is 1. The Bertz CT molecular complexity index is 1340. The number of pyridine rings is 1. The first-order valence-electron chi connectivity index (χ1n) is 12.9. The van der Waals surface area contributed by atoms with E-state index in [0.717, 1.165) is 52.9 Å². The van der Waals surface area contributed by atoms with E-state index in [0.29, 0.717) is 19.1 Å². The monoisotopic (exact) mass is 486 g/mol. The molecule has 8 heteroatoms. The minimum absolute atomic E-state index is 0.0118. The van der Waals surface area contributed by atoms with Gasteiger partial charge in [0.2, 0.25) is 0 Å². The highest BCUT2D eigenvalue weighted by molar-refractivity contribution is 5.80. The fourth-order valence-electron chi connectivity index (χ4n) is 5.46. The van der Waals surface area contributed by atoms with Gasteiger partial charge in [0, 0.05) is 24.2 Å². The highest BCUT2D eigenvalue weighted by Crippen LogP contribution is 2.33. The number of H-pyrrole nitrogens is 1. The third kappa shape index (κ3) is 5.18. The largest absolute Gasteiger partial charge is 0.497 e. The van der Waals surface area contributed by atoms with Crippen LogP contribution in [0.15, 0.2) is 59.4 Å². The van der Waals surface area contributed by atoms with Crippen molar-refractivity contribution >= 4 is 10.9 Å². The van der Waals surface area contributed by atoms with Crippen molar-refractivity contribution in [1.82, 2.24) is 30.1 Å². The normalized spacial score (nSPS) is 15.4. The predicted octanol–water partition coefficient (Wildman–Crippen LogP) is 4.86. The molecule has 0 amide bonds. The van der Waals surface area contributed by atoms with Gasteiger partial charge < -0.3 is 9.72 Å². The molecule has 1 fully saturated rings. The first-order chi connectivity index (χ1) is 17.7. The molecule has 188 valence electrons. The van der Waals surface area contributed by atoms with E-state index in [1.165, 1.54) is 19.3 Å². The van der Waals surface area contributed by atoms with Crippen molar-refractivity contribution in [2.24, 2.45) is 0 Å². The number of aromatic nitrogens is 5. The standard InChI is InChI=1S/C28H34N6O2/c1-3-26(27-30-31-32-34(27)18-20-10-6-4-7-11-20)33(23-12-8-5-9-13-23)19-22-16-21-14-15-24(36-2)17-25(21)29-28(22)35/h4,6-7,10-11,14-17,23,26H,3,5,8-9,12-13,18-19H2,1-2H3,(H,29,35)/t26-/m1/s1. The van der Waals surface area contributed by atoms with E-state index in [9.17, 15) is 4.79 Å². The van der Waals surface area contributed by atoms with Crippen LogP contribution in [0.25, 0.3) is 10.9 Å². The summed E-state index contributed by atoms with van der Waals surface area (Å²) in [6.45, 7) is 3.36. The van der Waals surface area contributed by atoms with Crippen LogP contribution in [0.3, 0.4) is 0 Å². The molecule has 0 unspecified atom stereocenters. The molecule has 4 aromatic rings. The van der Waals surface area contributed by atoms with Gasteiger partial charge in [0.05, 0.1) is 25.2 Å². The van der Waals surface area contributed by atoms with Crippen molar-refractivity contribution in [3.8, 4) is 5.75 Å². The van der Waals surface area contributed by atoms with Crippen molar-refractivity contribution in [2.45, 2.75) is 70.6 Å². The molecule has 2 aromatic heterocycles. The Hall–Kier alpha value is -3.52. The van der Waals surface area contributed by atoms with Crippen LogP contribution >= 0.6 is 0 Å². The number of nitrogens with zero attached hydrogens (tertiary/aromatic N) is 5. The minimum atomic E-state index is -0.0599. The summed E-state index contributed by atoms with van der Waals surface area (Å²) in [5.41, 5.74) is 2.65. The number of aromatic amines is 1. The summed E-state index contributed by atoms with van der Waals surface area (Å²) < 4.78 is 7.24. The quantitative estimate of drug-likeness (QED) is 0.364. The molecule has 1 aliphatic carbocycles. The van der Waals surface area contributed by atoms with Crippen LogP contribution in [-0.4, -0.2) is 43.2 Å². The third-order valence-electron chi connectivity index (χ3n) is 7.35. The van der Waals surface area contributed by atoms with Gasteiger partial charge in [-0.3, -0.25) is 9.69 Å². The minimum Gasteiger partial charge on any atom is -0.497 e.